The number of hydrogen-bond acceptors (Lipinski definition) is 3. The van der Waals surface area contributed by atoms with Gasteiger partial charge in [-0.1, -0.05) is 25.1 Å². The van der Waals surface area contributed by atoms with E-state index in [2.05, 4.69) is 12.2 Å². The molecule has 1 heterocycles. The van der Waals surface area contributed by atoms with Gasteiger partial charge in [0, 0.05) is 5.39 Å². The van der Waals surface area contributed by atoms with Crippen LogP contribution in [-0.2, 0) is 0 Å². The minimum Gasteiger partial charge on any atom is -0.453 e. The van der Waals surface area contributed by atoms with Gasteiger partial charge < -0.3 is 9.73 Å². The Morgan fingerprint density at radius 3 is 2.94 bits per heavy atom. The van der Waals surface area contributed by atoms with Crippen molar-refractivity contribution in [2.75, 3.05) is 13.1 Å². The van der Waals surface area contributed by atoms with Crippen LogP contribution in [0.3, 0.4) is 0 Å². The van der Waals surface area contributed by atoms with Crippen molar-refractivity contribution in [2.45, 2.75) is 20.3 Å². The molecule has 0 bridgehead atoms. The number of carbonyl (C=O) groups is 1. The average Bonchev–Trinajstić information content (AvgIpc) is 2.75. The minimum atomic E-state index is 0.00838. The van der Waals surface area contributed by atoms with Gasteiger partial charge in [0.1, 0.15) is 5.58 Å². The second-order valence-corrected chi connectivity index (χ2v) is 4.20. The standard InChI is InChI=1S/C14H17NO2/c1-3-7-15-9-12(16)13-8-11-6-4-5-10(2)14(11)17-13/h4-6,8,15H,3,7,9H2,1-2H3. The molecule has 0 saturated heterocycles. The summed E-state index contributed by atoms with van der Waals surface area (Å²) >= 11 is 0. The summed E-state index contributed by atoms with van der Waals surface area (Å²) in [6.45, 7) is 5.25. The normalized spacial score (nSPS) is 10.9. The van der Waals surface area contributed by atoms with Gasteiger partial charge in [0.25, 0.3) is 0 Å². The van der Waals surface area contributed by atoms with Gasteiger partial charge in [-0.25, -0.2) is 0 Å². The van der Waals surface area contributed by atoms with Crippen LogP contribution in [0.1, 0.15) is 29.5 Å². The van der Waals surface area contributed by atoms with Gasteiger partial charge in [-0.15, -0.1) is 0 Å². The third-order valence-corrected chi connectivity index (χ3v) is 2.73. The first-order chi connectivity index (χ1) is 8.22. The molecule has 0 spiro atoms. The summed E-state index contributed by atoms with van der Waals surface area (Å²) in [5, 5.41) is 4.07. The Morgan fingerprint density at radius 1 is 1.41 bits per heavy atom. The molecule has 0 aliphatic carbocycles. The fraction of sp³-hybridized carbons (Fsp3) is 0.357. The second kappa shape index (κ2) is 5.15. The number of benzene rings is 1. The number of nitrogens with one attached hydrogen (secondary N) is 1. The van der Waals surface area contributed by atoms with E-state index in [-0.39, 0.29) is 5.78 Å². The van der Waals surface area contributed by atoms with Crippen molar-refractivity contribution in [2.24, 2.45) is 0 Å². The highest BCUT2D eigenvalue weighted by Gasteiger charge is 2.12. The SMILES string of the molecule is CCCNCC(=O)c1cc2cccc(C)c2o1. The Bertz CT molecular complexity index is 528. The first-order valence-electron chi connectivity index (χ1n) is 5.95. The predicted octanol–water partition coefficient (Wildman–Crippen LogP) is 2.92. The van der Waals surface area contributed by atoms with Crippen molar-refractivity contribution in [3.05, 3.63) is 35.6 Å². The van der Waals surface area contributed by atoms with Gasteiger partial charge in [-0.05, 0) is 31.5 Å². The molecule has 0 radical (unpaired) electrons. The second-order valence-electron chi connectivity index (χ2n) is 4.20. The molecular weight excluding hydrogens is 214 g/mol. The highest BCUT2D eigenvalue weighted by molar-refractivity contribution is 5.99. The lowest BCUT2D eigenvalue weighted by Crippen LogP contribution is -2.23. The lowest BCUT2D eigenvalue weighted by atomic mass is 10.2. The van der Waals surface area contributed by atoms with Crippen LogP contribution in [0.15, 0.2) is 28.7 Å². The lowest BCUT2D eigenvalue weighted by Gasteiger charge is -1.99. The first-order valence-corrected chi connectivity index (χ1v) is 5.95. The van der Waals surface area contributed by atoms with Gasteiger partial charge in [-0.2, -0.15) is 0 Å². The van der Waals surface area contributed by atoms with Crippen LogP contribution in [0.5, 0.6) is 0 Å². The highest BCUT2D eigenvalue weighted by atomic mass is 16.3. The third kappa shape index (κ3) is 2.56. The average molecular weight is 231 g/mol. The molecule has 90 valence electrons. The molecule has 2 rings (SSSR count). The number of rotatable bonds is 5. The van der Waals surface area contributed by atoms with Crippen molar-refractivity contribution in [1.82, 2.24) is 5.32 Å². The number of para-hydroxylation sites is 1. The predicted molar refractivity (Wildman–Crippen MR) is 68.4 cm³/mol. The Labute approximate surface area is 101 Å². The molecule has 0 saturated carbocycles. The Hall–Kier alpha value is -1.61. The molecule has 1 N–H and O–H groups in total. The third-order valence-electron chi connectivity index (χ3n) is 2.73. The molecule has 17 heavy (non-hydrogen) atoms. The van der Waals surface area contributed by atoms with E-state index in [0.29, 0.717) is 12.3 Å². The Kier molecular flexibility index (Phi) is 3.59. The summed E-state index contributed by atoms with van der Waals surface area (Å²) in [4.78, 5) is 11.8. The number of hydrogen-bond donors (Lipinski definition) is 1. The van der Waals surface area contributed by atoms with E-state index in [9.17, 15) is 4.79 Å². The molecule has 3 nitrogen and oxygen atoms in total. The van der Waals surface area contributed by atoms with Crippen molar-refractivity contribution < 1.29 is 9.21 Å². The maximum absolute atomic E-state index is 11.8. The maximum atomic E-state index is 11.8. The van der Waals surface area contributed by atoms with E-state index >= 15 is 0 Å². The summed E-state index contributed by atoms with van der Waals surface area (Å²) in [7, 11) is 0. The van der Waals surface area contributed by atoms with E-state index in [1.54, 1.807) is 0 Å². The molecule has 1 aromatic carbocycles. The molecule has 0 atom stereocenters. The fourth-order valence-corrected chi connectivity index (χ4v) is 1.81. The van der Waals surface area contributed by atoms with Crippen molar-refractivity contribution in [1.29, 1.82) is 0 Å². The van der Waals surface area contributed by atoms with Gasteiger partial charge in [0.2, 0.25) is 5.78 Å². The van der Waals surface area contributed by atoms with Gasteiger partial charge in [-0.3, -0.25) is 4.79 Å². The minimum absolute atomic E-state index is 0.00838. The molecule has 0 amide bonds. The molecule has 2 aromatic rings. The zero-order chi connectivity index (χ0) is 12.3. The molecule has 0 aliphatic rings. The summed E-state index contributed by atoms with van der Waals surface area (Å²) in [5.74, 6) is 0.451. The molecule has 0 aliphatic heterocycles. The summed E-state index contributed by atoms with van der Waals surface area (Å²) < 4.78 is 5.60. The molecule has 0 unspecified atom stereocenters. The van der Waals surface area contributed by atoms with E-state index in [1.165, 1.54) is 0 Å². The van der Waals surface area contributed by atoms with Crippen LogP contribution in [0, 0.1) is 6.92 Å². The van der Waals surface area contributed by atoms with Crippen molar-refractivity contribution >= 4 is 16.8 Å². The van der Waals surface area contributed by atoms with Gasteiger partial charge in [0.15, 0.2) is 5.76 Å². The molecular formula is C14H17NO2. The summed E-state index contributed by atoms with van der Waals surface area (Å²) in [6, 6.07) is 7.73. The molecule has 0 fully saturated rings. The van der Waals surface area contributed by atoms with Crippen LogP contribution >= 0.6 is 0 Å². The Balaban J connectivity index is 2.19. The maximum Gasteiger partial charge on any atom is 0.211 e. The summed E-state index contributed by atoms with van der Waals surface area (Å²) in [5.41, 5.74) is 1.87. The molecule has 1 aromatic heterocycles. The number of ketones is 1. The van der Waals surface area contributed by atoms with E-state index in [0.717, 1.165) is 29.5 Å². The smallest absolute Gasteiger partial charge is 0.211 e. The van der Waals surface area contributed by atoms with E-state index < -0.39 is 0 Å². The van der Waals surface area contributed by atoms with Gasteiger partial charge >= 0.3 is 0 Å². The van der Waals surface area contributed by atoms with Crippen LogP contribution in [0.2, 0.25) is 0 Å². The number of furan rings is 1. The number of carbonyl (C=O) groups excluding carboxylic acids is 1. The van der Waals surface area contributed by atoms with Crippen LogP contribution in [-0.4, -0.2) is 18.9 Å². The van der Waals surface area contributed by atoms with E-state index in [1.807, 2.05) is 31.2 Å². The number of fused-ring (bicyclic) bond motifs is 1. The zero-order valence-electron chi connectivity index (χ0n) is 10.2. The monoisotopic (exact) mass is 231 g/mol. The number of Topliss-reactive ketones (excluding diaryl/α,β-unsaturated/α-hetero) is 1. The van der Waals surface area contributed by atoms with Gasteiger partial charge in [0.05, 0.1) is 6.54 Å². The van der Waals surface area contributed by atoms with Crippen molar-refractivity contribution in [3.8, 4) is 0 Å². The largest absolute Gasteiger partial charge is 0.453 e. The zero-order valence-corrected chi connectivity index (χ0v) is 10.2. The van der Waals surface area contributed by atoms with E-state index in [4.69, 9.17) is 4.42 Å². The Morgan fingerprint density at radius 2 is 2.24 bits per heavy atom. The quantitative estimate of drug-likeness (QED) is 0.635. The van der Waals surface area contributed by atoms with Crippen LogP contribution < -0.4 is 5.32 Å². The molecule has 3 heteroatoms. The number of aryl methyl sites for hydroxylation is 1. The highest BCUT2D eigenvalue weighted by Crippen LogP contribution is 2.22. The summed E-state index contributed by atoms with van der Waals surface area (Å²) in [6.07, 6.45) is 1.02. The lowest BCUT2D eigenvalue weighted by molar-refractivity contribution is 0.0967. The topological polar surface area (TPSA) is 42.2 Å². The first kappa shape index (κ1) is 11.9. The van der Waals surface area contributed by atoms with Crippen LogP contribution in [0.4, 0.5) is 0 Å². The van der Waals surface area contributed by atoms with Crippen molar-refractivity contribution in [3.63, 3.8) is 0 Å². The fourth-order valence-electron chi connectivity index (χ4n) is 1.81. The van der Waals surface area contributed by atoms with Crippen LogP contribution in [0.25, 0.3) is 11.0 Å².